The second-order valence-corrected chi connectivity index (χ2v) is 6.48. The van der Waals surface area contributed by atoms with Crippen molar-refractivity contribution in [1.29, 1.82) is 0 Å². The van der Waals surface area contributed by atoms with E-state index in [1.54, 1.807) is 11.1 Å². The Bertz CT molecular complexity index is 628. The smallest absolute Gasteiger partial charge is 0.0354 e. The average molecular weight is 256 g/mol. The summed E-state index contributed by atoms with van der Waals surface area (Å²) in [5, 5.41) is 1.49. The van der Waals surface area contributed by atoms with Gasteiger partial charge in [0.25, 0.3) is 0 Å². The van der Waals surface area contributed by atoms with E-state index < -0.39 is 0 Å². The van der Waals surface area contributed by atoms with Gasteiger partial charge in [0.15, 0.2) is 0 Å². The van der Waals surface area contributed by atoms with Crippen LogP contribution in [0.3, 0.4) is 0 Å². The fourth-order valence-corrected chi connectivity index (χ4v) is 4.16. The van der Waals surface area contributed by atoms with Crippen molar-refractivity contribution in [3.05, 3.63) is 39.8 Å². The number of rotatable bonds is 3. The summed E-state index contributed by atoms with van der Waals surface area (Å²) in [6, 6.07) is 7.09. The van der Waals surface area contributed by atoms with Gasteiger partial charge in [-0.15, -0.1) is 11.3 Å². The molecule has 0 radical (unpaired) electrons. The first-order chi connectivity index (χ1) is 8.70. The van der Waals surface area contributed by atoms with Crippen LogP contribution in [0.25, 0.3) is 15.7 Å². The molecule has 1 heteroatoms. The molecule has 0 fully saturated rings. The van der Waals surface area contributed by atoms with Gasteiger partial charge in [-0.25, -0.2) is 0 Å². The summed E-state index contributed by atoms with van der Waals surface area (Å²) in [4.78, 5) is 1.54. The van der Waals surface area contributed by atoms with Crippen LogP contribution in [0, 0.1) is 0 Å². The van der Waals surface area contributed by atoms with Crippen molar-refractivity contribution in [1.82, 2.24) is 0 Å². The maximum absolute atomic E-state index is 2.41. The largest absolute Gasteiger partial charge is 0.135 e. The van der Waals surface area contributed by atoms with Gasteiger partial charge < -0.3 is 0 Å². The van der Waals surface area contributed by atoms with Gasteiger partial charge in [-0.05, 0) is 61.3 Å². The summed E-state index contributed by atoms with van der Waals surface area (Å²) < 4.78 is 1.49. The van der Waals surface area contributed by atoms with Crippen LogP contribution < -0.4 is 0 Å². The number of benzene rings is 1. The van der Waals surface area contributed by atoms with Crippen molar-refractivity contribution in [3.63, 3.8) is 0 Å². The lowest BCUT2D eigenvalue weighted by atomic mass is 10.0. The molecule has 1 aliphatic rings. The third-order valence-electron chi connectivity index (χ3n) is 4.10. The van der Waals surface area contributed by atoms with Crippen molar-refractivity contribution < 1.29 is 0 Å². The maximum atomic E-state index is 2.41. The molecule has 18 heavy (non-hydrogen) atoms. The summed E-state index contributed by atoms with van der Waals surface area (Å²) in [6.07, 6.45) is 4.97. The van der Waals surface area contributed by atoms with E-state index >= 15 is 0 Å². The van der Waals surface area contributed by atoms with Gasteiger partial charge in [-0.1, -0.05) is 31.1 Å². The Labute approximate surface area is 113 Å². The van der Waals surface area contributed by atoms with E-state index in [2.05, 4.69) is 39.0 Å². The fourth-order valence-electron chi connectivity index (χ4n) is 2.80. The predicted octanol–water partition coefficient (Wildman–Crippen LogP) is 5.59. The van der Waals surface area contributed by atoms with Crippen LogP contribution >= 0.6 is 11.3 Å². The first-order valence-electron chi connectivity index (χ1n) is 6.91. The minimum Gasteiger partial charge on any atom is -0.135 e. The van der Waals surface area contributed by atoms with Crippen LogP contribution in [0.15, 0.2) is 23.8 Å². The summed E-state index contributed by atoms with van der Waals surface area (Å²) in [6.45, 7) is 6.80. The van der Waals surface area contributed by atoms with Crippen molar-refractivity contribution in [2.75, 3.05) is 0 Å². The lowest BCUT2D eigenvalue weighted by Gasteiger charge is -2.01. The number of thiophene rings is 1. The molecule has 1 heterocycles. The van der Waals surface area contributed by atoms with Gasteiger partial charge in [0.2, 0.25) is 0 Å². The molecule has 0 spiro atoms. The molecule has 0 atom stereocenters. The van der Waals surface area contributed by atoms with E-state index in [1.807, 2.05) is 11.3 Å². The predicted molar refractivity (Wildman–Crippen MR) is 82.4 cm³/mol. The number of fused-ring (bicyclic) bond motifs is 3. The van der Waals surface area contributed by atoms with Gasteiger partial charge in [0, 0.05) is 9.58 Å². The number of allylic oxidation sites excluding steroid dienone is 2. The van der Waals surface area contributed by atoms with Gasteiger partial charge in [0.05, 0.1) is 0 Å². The summed E-state index contributed by atoms with van der Waals surface area (Å²) in [7, 11) is 0. The van der Waals surface area contributed by atoms with E-state index in [0.29, 0.717) is 0 Å². The summed E-state index contributed by atoms with van der Waals surface area (Å²) >= 11 is 1.99. The normalized spacial score (nSPS) is 14.6. The molecule has 0 amide bonds. The Balaban J connectivity index is 2.05. The number of unbranched alkanes of at least 4 members (excludes halogenated alkanes) is 1. The van der Waals surface area contributed by atoms with E-state index in [1.165, 1.54) is 45.4 Å². The SMILES string of the molecule is CCCCc1ccc2c3c(sc2c1)C(C)=C(C)C3. The Morgan fingerprint density at radius 3 is 2.83 bits per heavy atom. The van der Waals surface area contributed by atoms with Crippen LogP contribution in [-0.2, 0) is 12.8 Å². The Kier molecular flexibility index (Phi) is 3.03. The monoisotopic (exact) mass is 256 g/mol. The first-order valence-corrected chi connectivity index (χ1v) is 7.73. The molecule has 94 valence electrons. The van der Waals surface area contributed by atoms with Crippen LogP contribution in [0.4, 0.5) is 0 Å². The van der Waals surface area contributed by atoms with Crippen molar-refractivity contribution in [2.24, 2.45) is 0 Å². The molecule has 1 aliphatic carbocycles. The quantitative estimate of drug-likeness (QED) is 0.671. The highest BCUT2D eigenvalue weighted by Gasteiger charge is 2.20. The molecular formula is C17H20S. The Hall–Kier alpha value is -1.08. The Morgan fingerprint density at radius 1 is 1.22 bits per heavy atom. The number of aryl methyl sites for hydroxylation is 1. The second kappa shape index (κ2) is 4.55. The number of hydrogen-bond acceptors (Lipinski definition) is 1. The zero-order valence-corrected chi connectivity index (χ0v) is 12.3. The Morgan fingerprint density at radius 2 is 2.06 bits per heavy atom. The van der Waals surface area contributed by atoms with Gasteiger partial charge in [-0.2, -0.15) is 0 Å². The zero-order valence-electron chi connectivity index (χ0n) is 11.5. The third kappa shape index (κ3) is 1.81. The highest BCUT2D eigenvalue weighted by Crippen LogP contribution is 2.43. The van der Waals surface area contributed by atoms with E-state index in [0.717, 1.165) is 6.42 Å². The third-order valence-corrected chi connectivity index (χ3v) is 5.41. The van der Waals surface area contributed by atoms with Crippen LogP contribution in [0.2, 0.25) is 0 Å². The van der Waals surface area contributed by atoms with E-state index in [-0.39, 0.29) is 0 Å². The molecule has 1 aromatic carbocycles. The van der Waals surface area contributed by atoms with E-state index in [4.69, 9.17) is 0 Å². The molecule has 0 unspecified atom stereocenters. The highest BCUT2D eigenvalue weighted by molar-refractivity contribution is 7.20. The summed E-state index contributed by atoms with van der Waals surface area (Å²) in [5.41, 5.74) is 6.14. The molecular weight excluding hydrogens is 236 g/mol. The highest BCUT2D eigenvalue weighted by atomic mass is 32.1. The van der Waals surface area contributed by atoms with Crippen LogP contribution in [0.1, 0.15) is 49.6 Å². The van der Waals surface area contributed by atoms with E-state index in [9.17, 15) is 0 Å². The summed E-state index contributed by atoms with van der Waals surface area (Å²) in [5.74, 6) is 0. The molecule has 0 nitrogen and oxygen atoms in total. The molecule has 0 bridgehead atoms. The second-order valence-electron chi connectivity index (χ2n) is 5.43. The minimum atomic E-state index is 1.16. The maximum Gasteiger partial charge on any atom is 0.0354 e. The lowest BCUT2D eigenvalue weighted by molar-refractivity contribution is 0.796. The van der Waals surface area contributed by atoms with Crippen LogP contribution in [0.5, 0.6) is 0 Å². The van der Waals surface area contributed by atoms with Crippen molar-refractivity contribution in [3.8, 4) is 0 Å². The molecule has 0 saturated heterocycles. The van der Waals surface area contributed by atoms with Gasteiger partial charge in [-0.3, -0.25) is 0 Å². The molecule has 3 rings (SSSR count). The molecule has 2 aromatic rings. The standard InChI is InChI=1S/C17H20S/c1-4-5-6-13-7-8-14-15-9-11(2)12(3)17(15)18-16(14)10-13/h7-8,10H,4-6,9H2,1-3H3. The molecule has 0 aliphatic heterocycles. The zero-order chi connectivity index (χ0) is 12.7. The fraction of sp³-hybridized carbons (Fsp3) is 0.412. The molecule has 0 saturated carbocycles. The number of hydrogen-bond donors (Lipinski definition) is 0. The van der Waals surface area contributed by atoms with Crippen molar-refractivity contribution >= 4 is 27.0 Å². The first kappa shape index (κ1) is 12.0. The topological polar surface area (TPSA) is 0 Å². The average Bonchev–Trinajstić information content (AvgIpc) is 2.85. The van der Waals surface area contributed by atoms with Crippen LogP contribution in [-0.4, -0.2) is 0 Å². The van der Waals surface area contributed by atoms with Gasteiger partial charge >= 0.3 is 0 Å². The molecule has 1 aromatic heterocycles. The van der Waals surface area contributed by atoms with Crippen molar-refractivity contribution in [2.45, 2.75) is 46.5 Å². The molecule has 0 N–H and O–H groups in total. The van der Waals surface area contributed by atoms with Gasteiger partial charge in [0.1, 0.15) is 0 Å². The minimum absolute atomic E-state index is 1.16. The lowest BCUT2D eigenvalue weighted by Crippen LogP contribution is -1.84.